The van der Waals surface area contributed by atoms with E-state index < -0.39 is 0 Å². The van der Waals surface area contributed by atoms with E-state index >= 15 is 0 Å². The van der Waals surface area contributed by atoms with Crippen molar-refractivity contribution in [2.24, 2.45) is 0 Å². The maximum absolute atomic E-state index is 12.1. The molecule has 3 aromatic rings. The van der Waals surface area contributed by atoms with Crippen molar-refractivity contribution in [3.05, 3.63) is 52.2 Å². The van der Waals surface area contributed by atoms with Gasteiger partial charge in [0.15, 0.2) is 0 Å². The smallest absolute Gasteiger partial charge is 0.224 e. The van der Waals surface area contributed by atoms with E-state index in [1.807, 2.05) is 37.4 Å². The lowest BCUT2D eigenvalue weighted by Gasteiger charge is -2.10. The van der Waals surface area contributed by atoms with Crippen LogP contribution in [0.2, 0.25) is 0 Å². The lowest BCUT2D eigenvalue weighted by atomic mass is 10.1. The molecule has 1 N–H and O–H groups in total. The molecule has 0 aliphatic rings. The van der Waals surface area contributed by atoms with Crippen molar-refractivity contribution in [1.82, 2.24) is 30.5 Å². The van der Waals surface area contributed by atoms with Gasteiger partial charge in [-0.1, -0.05) is 19.1 Å². The van der Waals surface area contributed by atoms with Crippen molar-refractivity contribution in [2.45, 2.75) is 26.2 Å². The van der Waals surface area contributed by atoms with Crippen LogP contribution in [0.4, 0.5) is 0 Å². The number of hydrogen-bond donors (Lipinski definition) is 1. The average molecular weight is 342 g/mol. The Hall–Kier alpha value is -2.61. The molecule has 0 saturated heterocycles. The van der Waals surface area contributed by atoms with Crippen LogP contribution in [0.1, 0.15) is 28.3 Å². The molecule has 8 heteroatoms. The molecule has 3 rings (SSSR count). The highest BCUT2D eigenvalue weighted by atomic mass is 32.1. The number of carbonyl (C=O) groups excluding carboxylic acids is 1. The lowest BCUT2D eigenvalue weighted by molar-refractivity contribution is -0.120. The predicted octanol–water partition coefficient (Wildman–Crippen LogP) is 1.89. The van der Waals surface area contributed by atoms with E-state index in [2.05, 4.69) is 32.7 Å². The van der Waals surface area contributed by atoms with Crippen molar-refractivity contribution in [2.75, 3.05) is 6.54 Å². The summed E-state index contributed by atoms with van der Waals surface area (Å²) in [5.74, 6) is 0.222. The third-order valence-electron chi connectivity index (χ3n) is 3.58. The Kier molecular flexibility index (Phi) is 4.95. The number of tetrazole rings is 1. The summed E-state index contributed by atoms with van der Waals surface area (Å²) in [6.07, 6.45) is 3.74. The highest BCUT2D eigenvalue weighted by molar-refractivity contribution is 7.11. The lowest BCUT2D eigenvalue weighted by Crippen LogP contribution is -2.28. The monoisotopic (exact) mass is 342 g/mol. The molecular formula is C16H18N6OS. The van der Waals surface area contributed by atoms with E-state index in [-0.39, 0.29) is 11.8 Å². The van der Waals surface area contributed by atoms with Crippen LogP contribution < -0.4 is 5.32 Å². The number of thiazole rings is 1. The summed E-state index contributed by atoms with van der Waals surface area (Å²) in [6, 6.07) is 7.59. The molecule has 7 nitrogen and oxygen atoms in total. The fourth-order valence-electron chi connectivity index (χ4n) is 2.25. The molecule has 0 aliphatic carbocycles. The molecule has 0 radical (unpaired) electrons. The summed E-state index contributed by atoms with van der Waals surface area (Å²) in [5.41, 5.74) is 1.80. The number of amides is 1. The molecule has 2 aromatic heterocycles. The second-order valence-electron chi connectivity index (χ2n) is 5.61. The summed E-state index contributed by atoms with van der Waals surface area (Å²) >= 11 is 1.67. The first kappa shape index (κ1) is 16.3. The van der Waals surface area contributed by atoms with E-state index in [1.54, 1.807) is 16.0 Å². The van der Waals surface area contributed by atoms with Crippen molar-refractivity contribution in [3.8, 4) is 5.69 Å². The second kappa shape index (κ2) is 7.31. The normalized spacial score (nSPS) is 12.1. The largest absolute Gasteiger partial charge is 0.355 e. The summed E-state index contributed by atoms with van der Waals surface area (Å²) in [5, 5.41) is 15.1. The van der Waals surface area contributed by atoms with Gasteiger partial charge in [-0.15, -0.1) is 16.4 Å². The van der Waals surface area contributed by atoms with Gasteiger partial charge in [0.05, 0.1) is 17.1 Å². The first-order valence-electron chi connectivity index (χ1n) is 7.63. The number of carbonyl (C=O) groups is 1. The number of nitrogens with zero attached hydrogens (tertiary/aromatic N) is 5. The maximum atomic E-state index is 12.1. The first-order chi connectivity index (χ1) is 11.6. The van der Waals surface area contributed by atoms with Crippen LogP contribution in [0.5, 0.6) is 0 Å². The minimum Gasteiger partial charge on any atom is -0.355 e. The van der Waals surface area contributed by atoms with Crippen LogP contribution in [0.3, 0.4) is 0 Å². The van der Waals surface area contributed by atoms with Gasteiger partial charge in [-0.2, -0.15) is 0 Å². The number of nitrogens with one attached hydrogen (secondary N) is 1. The number of hydrogen-bond acceptors (Lipinski definition) is 6. The third-order valence-corrected chi connectivity index (χ3v) is 4.73. The standard InChI is InChI=1S/C16H18N6OS/c1-11(16-18-9-12(2)24-16)8-17-15(23)7-13-3-5-14(6-4-13)22-10-19-20-21-22/h3-6,9-11H,7-8H2,1-2H3,(H,17,23)/t11-/m1/s1. The van der Waals surface area contributed by atoms with Crippen LogP contribution >= 0.6 is 11.3 Å². The van der Waals surface area contributed by atoms with Crippen LogP contribution in [-0.2, 0) is 11.2 Å². The molecule has 1 amide bonds. The van der Waals surface area contributed by atoms with Gasteiger partial charge in [-0.25, -0.2) is 9.67 Å². The molecule has 1 atom stereocenters. The molecule has 2 heterocycles. The highest BCUT2D eigenvalue weighted by Crippen LogP contribution is 2.20. The number of aromatic nitrogens is 5. The Morgan fingerprint density at radius 1 is 1.33 bits per heavy atom. The van der Waals surface area contributed by atoms with Gasteiger partial charge in [0.2, 0.25) is 5.91 Å². The molecule has 0 bridgehead atoms. The summed E-state index contributed by atoms with van der Waals surface area (Å²) in [6.45, 7) is 4.69. The van der Waals surface area contributed by atoms with Crippen LogP contribution in [-0.4, -0.2) is 37.6 Å². The molecule has 0 spiro atoms. The zero-order valence-corrected chi connectivity index (χ0v) is 14.3. The minimum absolute atomic E-state index is 0.00491. The number of rotatable bonds is 6. The second-order valence-corrected chi connectivity index (χ2v) is 6.88. The van der Waals surface area contributed by atoms with Crippen LogP contribution in [0, 0.1) is 6.92 Å². The number of benzene rings is 1. The van der Waals surface area contributed by atoms with Crippen LogP contribution in [0.15, 0.2) is 36.8 Å². The van der Waals surface area contributed by atoms with Crippen molar-refractivity contribution < 1.29 is 4.79 Å². The van der Waals surface area contributed by atoms with E-state index in [0.717, 1.165) is 16.3 Å². The molecule has 1 aromatic carbocycles. The molecule has 0 unspecified atom stereocenters. The number of aryl methyl sites for hydroxylation is 1. The molecule has 0 aliphatic heterocycles. The van der Waals surface area contributed by atoms with E-state index in [0.29, 0.717) is 13.0 Å². The molecule has 0 saturated carbocycles. The zero-order valence-electron chi connectivity index (χ0n) is 13.5. The predicted molar refractivity (Wildman–Crippen MR) is 91.1 cm³/mol. The Bertz CT molecular complexity index is 796. The first-order valence-corrected chi connectivity index (χ1v) is 8.45. The Morgan fingerprint density at radius 2 is 2.12 bits per heavy atom. The summed E-state index contributed by atoms with van der Waals surface area (Å²) in [4.78, 5) is 17.6. The van der Waals surface area contributed by atoms with Gasteiger partial charge in [0.1, 0.15) is 6.33 Å². The molecular weight excluding hydrogens is 324 g/mol. The van der Waals surface area contributed by atoms with Crippen molar-refractivity contribution in [1.29, 1.82) is 0 Å². The summed E-state index contributed by atoms with van der Waals surface area (Å²) < 4.78 is 1.57. The maximum Gasteiger partial charge on any atom is 0.224 e. The Morgan fingerprint density at radius 3 is 2.75 bits per heavy atom. The van der Waals surface area contributed by atoms with Gasteiger partial charge in [0.25, 0.3) is 0 Å². The SMILES string of the molecule is Cc1cnc([C@H](C)CNC(=O)Cc2ccc(-n3cnnn3)cc2)s1. The average Bonchev–Trinajstić information content (AvgIpc) is 3.25. The van der Waals surface area contributed by atoms with E-state index in [1.165, 1.54) is 11.2 Å². The Labute approximate surface area is 143 Å². The van der Waals surface area contributed by atoms with Gasteiger partial charge in [-0.3, -0.25) is 4.79 Å². The quantitative estimate of drug-likeness (QED) is 0.739. The van der Waals surface area contributed by atoms with E-state index in [9.17, 15) is 4.79 Å². The third kappa shape index (κ3) is 4.02. The topological polar surface area (TPSA) is 85.6 Å². The Balaban J connectivity index is 1.51. The van der Waals surface area contributed by atoms with Gasteiger partial charge >= 0.3 is 0 Å². The van der Waals surface area contributed by atoms with Gasteiger partial charge in [0, 0.05) is 23.5 Å². The molecule has 124 valence electrons. The summed E-state index contributed by atoms with van der Waals surface area (Å²) in [7, 11) is 0. The fourth-order valence-corrected chi connectivity index (χ4v) is 3.07. The van der Waals surface area contributed by atoms with Gasteiger partial charge < -0.3 is 5.32 Å². The molecule has 0 fully saturated rings. The minimum atomic E-state index is 0.00491. The van der Waals surface area contributed by atoms with Gasteiger partial charge in [-0.05, 0) is 35.0 Å². The highest BCUT2D eigenvalue weighted by Gasteiger charge is 2.11. The van der Waals surface area contributed by atoms with Crippen molar-refractivity contribution >= 4 is 17.2 Å². The fraction of sp³-hybridized carbons (Fsp3) is 0.312. The van der Waals surface area contributed by atoms with E-state index in [4.69, 9.17) is 0 Å². The van der Waals surface area contributed by atoms with Crippen molar-refractivity contribution in [3.63, 3.8) is 0 Å². The van der Waals surface area contributed by atoms with Crippen LogP contribution in [0.25, 0.3) is 5.69 Å². The molecule has 24 heavy (non-hydrogen) atoms. The zero-order chi connectivity index (χ0) is 16.9.